The number of hydrogen-bond acceptors (Lipinski definition) is 2. The second-order valence-corrected chi connectivity index (χ2v) is 6.40. The number of benzene rings is 2. The maximum absolute atomic E-state index is 13.7. The Labute approximate surface area is 123 Å². The SMILES string of the molecule is CN(Cc1ccccc1F)CC1CSc2ccccc21. The topological polar surface area (TPSA) is 3.24 Å². The summed E-state index contributed by atoms with van der Waals surface area (Å²) in [6.45, 7) is 1.63. The monoisotopic (exact) mass is 287 g/mol. The molecule has 20 heavy (non-hydrogen) atoms. The van der Waals surface area contributed by atoms with Gasteiger partial charge in [-0.1, -0.05) is 36.4 Å². The normalized spacial score (nSPS) is 17.4. The van der Waals surface area contributed by atoms with E-state index in [1.807, 2.05) is 23.9 Å². The van der Waals surface area contributed by atoms with Gasteiger partial charge in [-0.15, -0.1) is 11.8 Å². The molecule has 1 nitrogen and oxygen atoms in total. The van der Waals surface area contributed by atoms with Crippen LogP contribution in [0.4, 0.5) is 4.39 Å². The zero-order chi connectivity index (χ0) is 13.9. The zero-order valence-corrected chi connectivity index (χ0v) is 12.4. The van der Waals surface area contributed by atoms with Crippen LogP contribution in [0.2, 0.25) is 0 Å². The van der Waals surface area contributed by atoms with Gasteiger partial charge in [0.25, 0.3) is 0 Å². The van der Waals surface area contributed by atoms with E-state index in [1.54, 1.807) is 6.07 Å². The molecule has 3 heteroatoms. The van der Waals surface area contributed by atoms with Crippen molar-refractivity contribution in [2.75, 3.05) is 19.3 Å². The summed E-state index contributed by atoms with van der Waals surface area (Å²) in [5.41, 5.74) is 2.21. The predicted octanol–water partition coefficient (Wildman–Crippen LogP) is 4.15. The molecule has 3 rings (SSSR count). The van der Waals surface area contributed by atoms with Crippen molar-refractivity contribution in [1.82, 2.24) is 4.90 Å². The van der Waals surface area contributed by atoms with Gasteiger partial charge in [0.15, 0.2) is 0 Å². The molecular weight excluding hydrogens is 269 g/mol. The highest BCUT2D eigenvalue weighted by atomic mass is 32.2. The number of fused-ring (bicyclic) bond motifs is 1. The second-order valence-electron chi connectivity index (χ2n) is 5.33. The summed E-state index contributed by atoms with van der Waals surface area (Å²) in [5, 5.41) is 0. The third-order valence-electron chi connectivity index (χ3n) is 3.73. The second kappa shape index (κ2) is 5.98. The lowest BCUT2D eigenvalue weighted by atomic mass is 10.0. The molecule has 0 aromatic heterocycles. The van der Waals surface area contributed by atoms with Gasteiger partial charge in [-0.2, -0.15) is 0 Å². The molecule has 1 heterocycles. The van der Waals surface area contributed by atoms with Gasteiger partial charge in [0.05, 0.1) is 0 Å². The summed E-state index contributed by atoms with van der Waals surface area (Å²) in [7, 11) is 2.07. The molecule has 1 atom stereocenters. The van der Waals surface area contributed by atoms with Crippen molar-refractivity contribution in [3.8, 4) is 0 Å². The summed E-state index contributed by atoms with van der Waals surface area (Å²) < 4.78 is 13.7. The molecule has 0 radical (unpaired) electrons. The van der Waals surface area contributed by atoms with E-state index < -0.39 is 0 Å². The Morgan fingerprint density at radius 1 is 1.15 bits per heavy atom. The van der Waals surface area contributed by atoms with Crippen molar-refractivity contribution in [3.63, 3.8) is 0 Å². The number of halogens is 1. The Morgan fingerprint density at radius 3 is 2.75 bits per heavy atom. The third-order valence-corrected chi connectivity index (χ3v) is 4.98. The zero-order valence-electron chi connectivity index (χ0n) is 11.6. The number of rotatable bonds is 4. The van der Waals surface area contributed by atoms with Crippen LogP contribution in [0.25, 0.3) is 0 Å². The molecule has 0 fully saturated rings. The van der Waals surface area contributed by atoms with Gasteiger partial charge < -0.3 is 4.90 Å². The first-order chi connectivity index (χ1) is 9.74. The lowest BCUT2D eigenvalue weighted by Gasteiger charge is -2.21. The lowest BCUT2D eigenvalue weighted by molar-refractivity contribution is 0.306. The lowest BCUT2D eigenvalue weighted by Crippen LogP contribution is -2.24. The first kappa shape index (κ1) is 13.7. The van der Waals surface area contributed by atoms with Crippen LogP contribution in [0.1, 0.15) is 17.0 Å². The summed E-state index contributed by atoms with van der Waals surface area (Å²) in [5.74, 6) is 1.56. The molecule has 2 aromatic carbocycles. The Kier molecular flexibility index (Phi) is 4.08. The molecule has 0 saturated heterocycles. The molecule has 1 unspecified atom stereocenters. The average molecular weight is 287 g/mol. The van der Waals surface area contributed by atoms with Gasteiger partial charge >= 0.3 is 0 Å². The Bertz CT molecular complexity index is 599. The standard InChI is InChI=1S/C17H18FNS/c1-19(10-13-6-2-4-8-16(13)18)11-14-12-20-17-9-5-3-7-15(14)17/h2-9,14H,10-12H2,1H3. The van der Waals surface area contributed by atoms with Gasteiger partial charge in [-0.3, -0.25) is 0 Å². The summed E-state index contributed by atoms with van der Waals surface area (Å²) >= 11 is 1.93. The van der Waals surface area contributed by atoms with Crippen LogP contribution in [0.5, 0.6) is 0 Å². The van der Waals surface area contributed by atoms with Gasteiger partial charge in [0.2, 0.25) is 0 Å². The average Bonchev–Trinajstić information content (AvgIpc) is 2.85. The van der Waals surface area contributed by atoms with E-state index in [0.29, 0.717) is 12.5 Å². The Hall–Kier alpha value is -1.32. The summed E-state index contributed by atoms with van der Waals surface area (Å²) in [4.78, 5) is 3.61. The first-order valence-electron chi connectivity index (χ1n) is 6.87. The van der Waals surface area contributed by atoms with E-state index in [0.717, 1.165) is 17.9 Å². The fraction of sp³-hybridized carbons (Fsp3) is 0.294. The minimum Gasteiger partial charge on any atom is -0.301 e. The molecule has 0 N–H and O–H groups in total. The van der Waals surface area contributed by atoms with E-state index in [1.165, 1.54) is 16.5 Å². The molecule has 0 aliphatic carbocycles. The minimum atomic E-state index is -0.111. The molecule has 1 aliphatic heterocycles. The minimum absolute atomic E-state index is 0.111. The Balaban J connectivity index is 1.66. The molecule has 0 spiro atoms. The fourth-order valence-electron chi connectivity index (χ4n) is 2.74. The molecule has 1 aliphatic rings. The van der Waals surface area contributed by atoms with Crippen molar-refractivity contribution in [3.05, 3.63) is 65.5 Å². The quantitative estimate of drug-likeness (QED) is 0.831. The molecule has 0 amide bonds. The van der Waals surface area contributed by atoms with Crippen molar-refractivity contribution >= 4 is 11.8 Å². The maximum atomic E-state index is 13.7. The van der Waals surface area contributed by atoms with Crippen LogP contribution in [0, 0.1) is 5.82 Å². The summed E-state index contributed by atoms with van der Waals surface area (Å²) in [6.07, 6.45) is 0. The number of nitrogens with zero attached hydrogens (tertiary/aromatic N) is 1. The fourth-order valence-corrected chi connectivity index (χ4v) is 3.98. The van der Waals surface area contributed by atoms with Gasteiger partial charge in [0, 0.05) is 35.2 Å². The largest absolute Gasteiger partial charge is 0.301 e. The van der Waals surface area contributed by atoms with E-state index >= 15 is 0 Å². The van der Waals surface area contributed by atoms with E-state index in [4.69, 9.17) is 0 Å². The Morgan fingerprint density at radius 2 is 1.90 bits per heavy atom. The van der Waals surface area contributed by atoms with E-state index in [-0.39, 0.29) is 5.82 Å². The maximum Gasteiger partial charge on any atom is 0.127 e. The van der Waals surface area contributed by atoms with E-state index in [2.05, 4.69) is 36.2 Å². The summed E-state index contributed by atoms with van der Waals surface area (Å²) in [6, 6.07) is 15.6. The molecule has 2 aromatic rings. The number of thioether (sulfide) groups is 1. The van der Waals surface area contributed by atoms with Gasteiger partial charge in [0.1, 0.15) is 5.82 Å². The smallest absolute Gasteiger partial charge is 0.127 e. The molecule has 0 bridgehead atoms. The van der Waals surface area contributed by atoms with Crippen LogP contribution < -0.4 is 0 Å². The van der Waals surface area contributed by atoms with Crippen molar-refractivity contribution in [1.29, 1.82) is 0 Å². The molecular formula is C17H18FNS. The number of likely N-dealkylation sites (N-methyl/N-ethyl adjacent to an activating group) is 1. The predicted molar refractivity (Wildman–Crippen MR) is 82.6 cm³/mol. The van der Waals surface area contributed by atoms with Crippen LogP contribution in [-0.2, 0) is 6.54 Å². The van der Waals surface area contributed by atoms with E-state index in [9.17, 15) is 4.39 Å². The highest BCUT2D eigenvalue weighted by molar-refractivity contribution is 7.99. The first-order valence-corrected chi connectivity index (χ1v) is 7.86. The van der Waals surface area contributed by atoms with Crippen molar-refractivity contribution < 1.29 is 4.39 Å². The molecule has 0 saturated carbocycles. The van der Waals surface area contributed by atoms with Crippen molar-refractivity contribution in [2.45, 2.75) is 17.4 Å². The number of hydrogen-bond donors (Lipinski definition) is 0. The van der Waals surface area contributed by atoms with Gasteiger partial charge in [-0.25, -0.2) is 4.39 Å². The van der Waals surface area contributed by atoms with Crippen molar-refractivity contribution in [2.24, 2.45) is 0 Å². The highest BCUT2D eigenvalue weighted by Gasteiger charge is 2.23. The van der Waals surface area contributed by atoms with Crippen LogP contribution >= 0.6 is 11.8 Å². The highest BCUT2D eigenvalue weighted by Crippen LogP contribution is 2.39. The van der Waals surface area contributed by atoms with Crippen LogP contribution in [-0.4, -0.2) is 24.2 Å². The van der Waals surface area contributed by atoms with Crippen LogP contribution in [0.3, 0.4) is 0 Å². The molecule has 104 valence electrons. The van der Waals surface area contributed by atoms with Crippen LogP contribution in [0.15, 0.2) is 53.4 Å². The van der Waals surface area contributed by atoms with Gasteiger partial charge in [-0.05, 0) is 24.7 Å². The third kappa shape index (κ3) is 2.89.